The van der Waals surface area contributed by atoms with Gasteiger partial charge in [0, 0.05) is 27.6 Å². The summed E-state index contributed by atoms with van der Waals surface area (Å²) in [6, 6.07) is 48.6. The van der Waals surface area contributed by atoms with Crippen LogP contribution < -0.4 is 4.74 Å². The first-order valence-corrected chi connectivity index (χ1v) is 16.7. The first kappa shape index (κ1) is 26.0. The van der Waals surface area contributed by atoms with Crippen LogP contribution in [0.2, 0.25) is 0 Å². The summed E-state index contributed by atoms with van der Waals surface area (Å²) in [5.41, 5.74) is 7.88. The molecule has 0 bridgehead atoms. The molecular weight excluding hydrogens is 585 g/mol. The van der Waals surface area contributed by atoms with Gasteiger partial charge in [0.15, 0.2) is 0 Å². The number of allylic oxidation sites excluding steroid dienone is 2. The SMILES string of the molecule is C1=CC2Oc3c(ccc4ccc5oc6cc(-c7c8ccccc8c(-c8ccc9ccccc9c8)c8ccccc78)ccc6c5c34)C2C=C1. The van der Waals surface area contributed by atoms with Crippen LogP contribution in [0.1, 0.15) is 11.5 Å². The van der Waals surface area contributed by atoms with E-state index in [0.717, 1.165) is 38.6 Å². The minimum Gasteiger partial charge on any atom is -0.484 e. The fraction of sp³-hybridized carbons (Fsp3) is 0.0435. The largest absolute Gasteiger partial charge is 0.484 e. The molecule has 0 saturated carbocycles. The third-order valence-corrected chi connectivity index (χ3v) is 10.6. The Bertz CT molecular complexity index is 2830. The highest BCUT2D eigenvalue weighted by Gasteiger charge is 2.34. The van der Waals surface area contributed by atoms with Crippen molar-refractivity contribution in [1.82, 2.24) is 0 Å². The van der Waals surface area contributed by atoms with Crippen LogP contribution >= 0.6 is 0 Å². The van der Waals surface area contributed by atoms with Gasteiger partial charge in [-0.05, 0) is 90.3 Å². The minimum atomic E-state index is 0.0368. The molecule has 224 valence electrons. The number of hydrogen-bond acceptors (Lipinski definition) is 2. The number of hydrogen-bond donors (Lipinski definition) is 0. The van der Waals surface area contributed by atoms with Crippen LogP contribution in [0.25, 0.3) is 87.3 Å². The molecule has 2 atom stereocenters. The molecule has 2 heterocycles. The third-order valence-electron chi connectivity index (χ3n) is 10.6. The predicted octanol–water partition coefficient (Wildman–Crippen LogP) is 12.5. The van der Waals surface area contributed by atoms with Crippen molar-refractivity contribution in [3.05, 3.63) is 163 Å². The molecule has 0 amide bonds. The average molecular weight is 613 g/mol. The van der Waals surface area contributed by atoms with Crippen LogP contribution in [0.15, 0.2) is 162 Å². The molecule has 2 unspecified atom stereocenters. The molecule has 2 nitrogen and oxygen atoms in total. The molecule has 0 saturated heterocycles. The van der Waals surface area contributed by atoms with E-state index in [2.05, 4.69) is 158 Å². The molecule has 0 N–H and O–H groups in total. The first-order valence-electron chi connectivity index (χ1n) is 16.7. The van der Waals surface area contributed by atoms with Crippen LogP contribution in [0.3, 0.4) is 0 Å². The van der Waals surface area contributed by atoms with Gasteiger partial charge in [0.2, 0.25) is 0 Å². The predicted molar refractivity (Wildman–Crippen MR) is 200 cm³/mol. The Balaban J connectivity index is 1.16. The summed E-state index contributed by atoms with van der Waals surface area (Å²) < 4.78 is 13.3. The lowest BCUT2D eigenvalue weighted by Gasteiger charge is -2.18. The van der Waals surface area contributed by atoms with Crippen LogP contribution in [0.5, 0.6) is 5.75 Å². The lowest BCUT2D eigenvalue weighted by atomic mass is 9.85. The molecular formula is C46H28O2. The number of furan rings is 1. The van der Waals surface area contributed by atoms with Crippen molar-refractivity contribution in [1.29, 1.82) is 0 Å². The number of rotatable bonds is 2. The number of benzene rings is 8. The van der Waals surface area contributed by atoms with E-state index < -0.39 is 0 Å². The molecule has 11 rings (SSSR count). The monoisotopic (exact) mass is 612 g/mol. The van der Waals surface area contributed by atoms with E-state index in [1.54, 1.807) is 0 Å². The topological polar surface area (TPSA) is 22.4 Å². The van der Waals surface area contributed by atoms with Gasteiger partial charge in [0.25, 0.3) is 0 Å². The Morgan fingerprint density at radius 2 is 1.06 bits per heavy atom. The number of ether oxygens (including phenoxy) is 1. The molecule has 0 fully saturated rings. The molecule has 1 aliphatic carbocycles. The molecule has 0 radical (unpaired) electrons. The van der Waals surface area contributed by atoms with Crippen molar-refractivity contribution >= 4 is 65.0 Å². The summed E-state index contributed by atoms with van der Waals surface area (Å²) in [6.07, 6.45) is 8.66. The molecule has 9 aromatic rings. The van der Waals surface area contributed by atoms with E-state index in [4.69, 9.17) is 9.15 Å². The zero-order valence-corrected chi connectivity index (χ0v) is 26.0. The Morgan fingerprint density at radius 3 is 1.83 bits per heavy atom. The maximum atomic E-state index is 6.68. The fourth-order valence-electron chi connectivity index (χ4n) is 8.42. The Hall–Kier alpha value is -6.12. The summed E-state index contributed by atoms with van der Waals surface area (Å²) in [6.45, 7) is 0. The molecule has 0 spiro atoms. The van der Waals surface area contributed by atoms with Gasteiger partial charge in [0.05, 0.1) is 0 Å². The van der Waals surface area contributed by atoms with Crippen molar-refractivity contribution in [3.63, 3.8) is 0 Å². The Labute approximate surface area is 276 Å². The second-order valence-electron chi connectivity index (χ2n) is 13.1. The summed E-state index contributed by atoms with van der Waals surface area (Å²) in [5.74, 6) is 1.23. The van der Waals surface area contributed by atoms with Crippen molar-refractivity contribution in [2.75, 3.05) is 0 Å². The molecule has 48 heavy (non-hydrogen) atoms. The van der Waals surface area contributed by atoms with E-state index in [0.29, 0.717) is 0 Å². The molecule has 2 aliphatic rings. The lowest BCUT2D eigenvalue weighted by Crippen LogP contribution is -2.15. The highest BCUT2D eigenvalue weighted by atomic mass is 16.5. The van der Waals surface area contributed by atoms with E-state index >= 15 is 0 Å². The highest BCUT2D eigenvalue weighted by molar-refractivity contribution is 6.24. The molecule has 1 aliphatic heterocycles. The average Bonchev–Trinajstić information content (AvgIpc) is 3.71. The van der Waals surface area contributed by atoms with Gasteiger partial charge in [-0.25, -0.2) is 0 Å². The van der Waals surface area contributed by atoms with Crippen molar-refractivity contribution in [3.8, 4) is 28.0 Å². The van der Waals surface area contributed by atoms with Gasteiger partial charge < -0.3 is 9.15 Å². The summed E-state index contributed by atoms with van der Waals surface area (Å²) in [4.78, 5) is 0. The van der Waals surface area contributed by atoms with Crippen LogP contribution in [-0.4, -0.2) is 6.10 Å². The first-order chi connectivity index (χ1) is 23.8. The maximum absolute atomic E-state index is 6.68. The maximum Gasteiger partial charge on any atom is 0.136 e. The Morgan fingerprint density at radius 1 is 0.438 bits per heavy atom. The van der Waals surface area contributed by atoms with Crippen LogP contribution in [-0.2, 0) is 0 Å². The lowest BCUT2D eigenvalue weighted by molar-refractivity contribution is 0.271. The second kappa shape index (κ2) is 9.70. The van der Waals surface area contributed by atoms with Crippen molar-refractivity contribution < 1.29 is 9.15 Å². The van der Waals surface area contributed by atoms with Gasteiger partial charge in [-0.1, -0.05) is 127 Å². The standard InChI is InChI=1S/C46H28O2/c1-2-10-29-25-30(18-17-27(29)9-1)42-33-12-3-5-14-35(33)43(36-15-6-4-13-34(36)42)31-20-23-38-41(26-31)47-40-24-21-28-19-22-37-32-11-7-8-16-39(32)48-46(37)44(28)45(38)40/h1-26,32,39H. The minimum absolute atomic E-state index is 0.0368. The van der Waals surface area contributed by atoms with Gasteiger partial charge >= 0.3 is 0 Å². The van der Waals surface area contributed by atoms with Gasteiger partial charge in [-0.15, -0.1) is 0 Å². The zero-order chi connectivity index (χ0) is 31.3. The normalized spacial score (nSPS) is 16.8. The summed E-state index contributed by atoms with van der Waals surface area (Å²) in [7, 11) is 0. The quantitative estimate of drug-likeness (QED) is 0.181. The van der Waals surface area contributed by atoms with Gasteiger partial charge in [-0.2, -0.15) is 0 Å². The van der Waals surface area contributed by atoms with Crippen molar-refractivity contribution in [2.45, 2.75) is 12.0 Å². The second-order valence-corrected chi connectivity index (χ2v) is 13.1. The van der Waals surface area contributed by atoms with E-state index in [1.807, 2.05) is 0 Å². The third kappa shape index (κ3) is 3.57. The van der Waals surface area contributed by atoms with E-state index in [-0.39, 0.29) is 12.0 Å². The number of fused-ring (bicyclic) bond motifs is 12. The molecule has 8 aromatic carbocycles. The Kier molecular flexibility index (Phi) is 5.25. The van der Waals surface area contributed by atoms with E-state index in [9.17, 15) is 0 Å². The van der Waals surface area contributed by atoms with Gasteiger partial charge in [-0.3, -0.25) is 0 Å². The van der Waals surface area contributed by atoms with Crippen LogP contribution in [0.4, 0.5) is 0 Å². The van der Waals surface area contributed by atoms with E-state index in [1.165, 1.54) is 60.0 Å². The summed E-state index contributed by atoms with van der Waals surface area (Å²) >= 11 is 0. The smallest absolute Gasteiger partial charge is 0.136 e. The molecule has 2 heteroatoms. The molecule has 1 aromatic heterocycles. The highest BCUT2D eigenvalue weighted by Crippen LogP contribution is 2.50. The zero-order valence-electron chi connectivity index (χ0n) is 26.0. The van der Waals surface area contributed by atoms with Gasteiger partial charge in [0.1, 0.15) is 23.0 Å². The fourth-order valence-corrected chi connectivity index (χ4v) is 8.42. The summed E-state index contributed by atoms with van der Waals surface area (Å²) in [5, 5.41) is 12.0. The van der Waals surface area contributed by atoms with Crippen LogP contribution in [0, 0.1) is 0 Å². The van der Waals surface area contributed by atoms with Crippen molar-refractivity contribution in [2.24, 2.45) is 0 Å².